The van der Waals surface area contributed by atoms with Crippen LogP contribution in [0.5, 0.6) is 0 Å². The third-order valence-electron chi connectivity index (χ3n) is 3.44. The number of carbonyl (C=O) groups is 1. The summed E-state index contributed by atoms with van der Waals surface area (Å²) in [5.74, 6) is 0.632. The molecule has 2 atom stereocenters. The molecule has 0 aliphatic carbocycles. The van der Waals surface area contributed by atoms with Crippen LogP contribution in [-0.4, -0.2) is 24.9 Å². The number of nitrogens with zero attached hydrogens (tertiary/aromatic N) is 1. The second-order valence-corrected chi connectivity index (χ2v) is 5.07. The fraction of sp³-hybridized carbons (Fsp3) is 0.533. The summed E-state index contributed by atoms with van der Waals surface area (Å²) in [5, 5.41) is 0. The molecule has 0 saturated carbocycles. The second kappa shape index (κ2) is 6.55. The number of carbonyl (C=O) groups excluding carboxylic acids is 1. The first-order valence-electron chi connectivity index (χ1n) is 6.51. The van der Waals surface area contributed by atoms with E-state index in [1.807, 2.05) is 12.1 Å². The molecule has 0 radical (unpaired) electrons. The van der Waals surface area contributed by atoms with Gasteiger partial charge in [0.25, 0.3) is 0 Å². The van der Waals surface area contributed by atoms with E-state index in [1.165, 1.54) is 5.56 Å². The van der Waals surface area contributed by atoms with Crippen molar-refractivity contribution in [3.05, 3.63) is 35.4 Å². The predicted octanol–water partition coefficient (Wildman–Crippen LogP) is 2.68. The van der Waals surface area contributed by atoms with Gasteiger partial charge in [-0.25, -0.2) is 0 Å². The Morgan fingerprint density at radius 2 is 1.72 bits per heavy atom. The van der Waals surface area contributed by atoms with Crippen molar-refractivity contribution < 1.29 is 4.79 Å². The van der Waals surface area contributed by atoms with Gasteiger partial charge in [-0.05, 0) is 23.5 Å². The number of hydrogen-bond acceptors (Lipinski definition) is 2. The summed E-state index contributed by atoms with van der Waals surface area (Å²) in [6.45, 7) is 4.39. The maximum atomic E-state index is 11.6. The second-order valence-electron chi connectivity index (χ2n) is 5.07. The van der Waals surface area contributed by atoms with E-state index in [0.29, 0.717) is 12.3 Å². The minimum atomic E-state index is -0.217. The van der Waals surface area contributed by atoms with E-state index >= 15 is 0 Å². The van der Waals surface area contributed by atoms with Gasteiger partial charge in [-0.15, -0.1) is 0 Å². The highest BCUT2D eigenvalue weighted by Crippen LogP contribution is 2.21. The van der Waals surface area contributed by atoms with Crippen LogP contribution in [0, 0.1) is 0 Å². The monoisotopic (exact) mass is 248 g/mol. The lowest BCUT2D eigenvalue weighted by atomic mass is 9.95. The highest BCUT2D eigenvalue weighted by atomic mass is 16.2. The summed E-state index contributed by atoms with van der Waals surface area (Å²) in [5.41, 5.74) is 8.40. The Morgan fingerprint density at radius 3 is 2.17 bits per heavy atom. The molecule has 1 aromatic carbocycles. The molecular weight excluding hydrogens is 224 g/mol. The van der Waals surface area contributed by atoms with E-state index in [1.54, 1.807) is 19.0 Å². The molecule has 0 spiro atoms. The van der Waals surface area contributed by atoms with Crippen molar-refractivity contribution in [1.82, 2.24) is 4.90 Å². The fourth-order valence-corrected chi connectivity index (χ4v) is 1.80. The highest BCUT2D eigenvalue weighted by Gasteiger charge is 2.13. The van der Waals surface area contributed by atoms with Crippen LogP contribution in [0.4, 0.5) is 0 Å². The number of hydrogen-bond donors (Lipinski definition) is 1. The molecule has 0 bridgehead atoms. The van der Waals surface area contributed by atoms with E-state index in [4.69, 9.17) is 5.73 Å². The zero-order valence-electron chi connectivity index (χ0n) is 11.8. The first-order chi connectivity index (χ1) is 8.45. The molecule has 3 nitrogen and oxygen atoms in total. The minimum Gasteiger partial charge on any atom is -0.349 e. The van der Waals surface area contributed by atoms with Gasteiger partial charge >= 0.3 is 0 Å². The van der Waals surface area contributed by atoms with E-state index in [-0.39, 0.29) is 11.9 Å². The Kier molecular flexibility index (Phi) is 5.35. The van der Waals surface area contributed by atoms with Crippen LogP contribution < -0.4 is 5.73 Å². The summed E-state index contributed by atoms with van der Waals surface area (Å²) in [7, 11) is 3.50. The quantitative estimate of drug-likeness (QED) is 0.870. The Morgan fingerprint density at radius 1 is 1.22 bits per heavy atom. The summed E-state index contributed by atoms with van der Waals surface area (Å²) in [6.07, 6.45) is 1.49. The van der Waals surface area contributed by atoms with Crippen molar-refractivity contribution in [3.8, 4) is 0 Å². The number of nitrogens with two attached hydrogens (primary N) is 1. The lowest BCUT2D eigenvalue weighted by molar-refractivity contribution is -0.129. The predicted molar refractivity (Wildman–Crippen MR) is 75.4 cm³/mol. The molecule has 1 aromatic rings. The van der Waals surface area contributed by atoms with Gasteiger partial charge < -0.3 is 10.6 Å². The standard InChI is InChI=1S/C15H24N2O/c1-5-11(2)12-6-8-13(9-7-12)14(16)10-15(18)17(3)4/h6-9,11,14H,5,10,16H2,1-4H3. The normalized spacial score (nSPS) is 14.1. The Bertz CT molecular complexity index is 384. The van der Waals surface area contributed by atoms with Gasteiger partial charge in [0.15, 0.2) is 0 Å². The maximum absolute atomic E-state index is 11.6. The molecule has 100 valence electrons. The zero-order chi connectivity index (χ0) is 13.7. The van der Waals surface area contributed by atoms with Gasteiger partial charge in [0, 0.05) is 26.6 Å². The smallest absolute Gasteiger partial charge is 0.223 e. The van der Waals surface area contributed by atoms with Crippen molar-refractivity contribution in [3.63, 3.8) is 0 Å². The Balaban J connectivity index is 2.70. The van der Waals surface area contributed by atoms with Crippen LogP contribution in [-0.2, 0) is 4.79 Å². The lowest BCUT2D eigenvalue weighted by Gasteiger charge is -2.16. The average molecular weight is 248 g/mol. The highest BCUT2D eigenvalue weighted by molar-refractivity contribution is 5.76. The molecule has 0 saturated heterocycles. The van der Waals surface area contributed by atoms with Crippen molar-refractivity contribution >= 4 is 5.91 Å². The summed E-state index contributed by atoms with van der Waals surface area (Å²) in [4.78, 5) is 13.2. The summed E-state index contributed by atoms with van der Waals surface area (Å²) >= 11 is 0. The molecule has 1 amide bonds. The molecule has 0 aliphatic rings. The van der Waals surface area contributed by atoms with Crippen molar-refractivity contribution in [2.45, 2.75) is 38.6 Å². The van der Waals surface area contributed by atoms with Gasteiger partial charge in [-0.1, -0.05) is 38.1 Å². The Hall–Kier alpha value is -1.35. The minimum absolute atomic E-state index is 0.0634. The van der Waals surface area contributed by atoms with Crippen molar-refractivity contribution in [2.24, 2.45) is 5.73 Å². The summed E-state index contributed by atoms with van der Waals surface area (Å²) in [6, 6.07) is 8.09. The zero-order valence-corrected chi connectivity index (χ0v) is 11.8. The van der Waals surface area contributed by atoms with Crippen LogP contribution in [0.15, 0.2) is 24.3 Å². The first-order valence-corrected chi connectivity index (χ1v) is 6.51. The molecule has 0 fully saturated rings. The lowest BCUT2D eigenvalue weighted by Crippen LogP contribution is -2.26. The van der Waals surface area contributed by atoms with Crippen LogP contribution in [0.3, 0.4) is 0 Å². The number of benzene rings is 1. The molecule has 0 aromatic heterocycles. The molecule has 2 unspecified atom stereocenters. The van der Waals surface area contributed by atoms with Crippen LogP contribution >= 0.6 is 0 Å². The topological polar surface area (TPSA) is 46.3 Å². The van der Waals surface area contributed by atoms with E-state index < -0.39 is 0 Å². The van der Waals surface area contributed by atoms with E-state index in [0.717, 1.165) is 12.0 Å². The molecule has 1 rings (SSSR count). The number of rotatable bonds is 5. The van der Waals surface area contributed by atoms with Gasteiger partial charge in [0.05, 0.1) is 0 Å². The van der Waals surface area contributed by atoms with Gasteiger partial charge in [0.2, 0.25) is 5.91 Å². The summed E-state index contributed by atoms with van der Waals surface area (Å²) < 4.78 is 0. The first kappa shape index (κ1) is 14.7. The van der Waals surface area contributed by atoms with Crippen LogP contribution in [0.25, 0.3) is 0 Å². The largest absolute Gasteiger partial charge is 0.349 e. The van der Waals surface area contributed by atoms with E-state index in [2.05, 4.69) is 26.0 Å². The van der Waals surface area contributed by atoms with Gasteiger partial charge in [-0.3, -0.25) is 4.79 Å². The van der Waals surface area contributed by atoms with E-state index in [9.17, 15) is 4.79 Å². The third kappa shape index (κ3) is 3.84. The van der Waals surface area contributed by atoms with Gasteiger partial charge in [0.1, 0.15) is 0 Å². The third-order valence-corrected chi connectivity index (χ3v) is 3.44. The Labute approximate surface area is 110 Å². The number of amides is 1. The fourth-order valence-electron chi connectivity index (χ4n) is 1.80. The van der Waals surface area contributed by atoms with Crippen LogP contribution in [0.2, 0.25) is 0 Å². The van der Waals surface area contributed by atoms with Crippen LogP contribution in [0.1, 0.15) is 49.8 Å². The molecule has 18 heavy (non-hydrogen) atoms. The molecule has 3 heteroatoms. The maximum Gasteiger partial charge on any atom is 0.223 e. The molecule has 2 N–H and O–H groups in total. The molecular formula is C15H24N2O. The molecule has 0 aliphatic heterocycles. The molecule has 0 heterocycles. The van der Waals surface area contributed by atoms with Crippen molar-refractivity contribution in [1.29, 1.82) is 0 Å². The van der Waals surface area contributed by atoms with Gasteiger partial charge in [-0.2, -0.15) is 0 Å². The SMILES string of the molecule is CCC(C)c1ccc(C(N)CC(=O)N(C)C)cc1. The average Bonchev–Trinajstić information content (AvgIpc) is 2.37. The van der Waals surface area contributed by atoms with Crippen molar-refractivity contribution in [2.75, 3.05) is 14.1 Å².